The lowest BCUT2D eigenvalue weighted by molar-refractivity contribution is -0.137. The highest BCUT2D eigenvalue weighted by atomic mass is 32.2. The quantitative estimate of drug-likeness (QED) is 0.871. The van der Waals surface area contributed by atoms with Crippen molar-refractivity contribution in [2.24, 2.45) is 5.92 Å². The van der Waals surface area contributed by atoms with Gasteiger partial charge >= 0.3 is 5.97 Å². The van der Waals surface area contributed by atoms with E-state index in [0.29, 0.717) is 5.92 Å². The molecule has 0 bridgehead atoms. The van der Waals surface area contributed by atoms with Gasteiger partial charge in [-0.25, -0.2) is 0 Å². The minimum atomic E-state index is -0.843. The minimum Gasteiger partial charge on any atom is -0.481 e. The third kappa shape index (κ3) is 2.98. The molecule has 2 aliphatic rings. The first kappa shape index (κ1) is 13.5. The van der Waals surface area contributed by atoms with Gasteiger partial charge in [0.05, 0.1) is 11.7 Å². The van der Waals surface area contributed by atoms with Crippen LogP contribution >= 0.6 is 11.8 Å². The fraction of sp³-hybridized carbons (Fsp3) is 0.467. The van der Waals surface area contributed by atoms with Crippen LogP contribution in [0.1, 0.15) is 24.8 Å². The zero-order valence-corrected chi connectivity index (χ0v) is 11.9. The molecule has 2 atom stereocenters. The van der Waals surface area contributed by atoms with Crippen LogP contribution in [0.15, 0.2) is 29.2 Å². The Morgan fingerprint density at radius 1 is 1.35 bits per heavy atom. The highest BCUT2D eigenvalue weighted by Gasteiger charge is 2.36. The topological polar surface area (TPSA) is 66.4 Å². The van der Waals surface area contributed by atoms with Crippen molar-refractivity contribution in [2.45, 2.75) is 41.9 Å². The number of carboxylic acids is 1. The molecule has 1 aliphatic heterocycles. The van der Waals surface area contributed by atoms with Crippen molar-refractivity contribution in [1.82, 2.24) is 5.32 Å². The van der Waals surface area contributed by atoms with Crippen LogP contribution in [-0.2, 0) is 16.0 Å². The Balaban J connectivity index is 1.61. The minimum absolute atomic E-state index is 0.0238. The van der Waals surface area contributed by atoms with E-state index in [0.717, 1.165) is 24.2 Å². The smallest absolute Gasteiger partial charge is 0.305 e. The number of aliphatic carboxylic acids is 1. The molecule has 1 fully saturated rings. The second-order valence-corrected chi connectivity index (χ2v) is 6.71. The molecular weight excluding hydrogens is 274 g/mol. The average molecular weight is 291 g/mol. The van der Waals surface area contributed by atoms with Crippen LogP contribution in [0.5, 0.6) is 0 Å². The van der Waals surface area contributed by atoms with Gasteiger partial charge in [0.15, 0.2) is 0 Å². The van der Waals surface area contributed by atoms with E-state index in [1.165, 1.54) is 5.56 Å². The molecule has 1 heterocycles. The highest BCUT2D eigenvalue weighted by molar-refractivity contribution is 8.01. The summed E-state index contributed by atoms with van der Waals surface area (Å²) >= 11 is 1.58. The van der Waals surface area contributed by atoms with E-state index >= 15 is 0 Å². The maximum Gasteiger partial charge on any atom is 0.305 e. The first-order valence-electron chi connectivity index (χ1n) is 6.90. The molecule has 1 amide bonds. The standard InChI is InChI=1S/C15H17NO3S/c17-14(18)8-11(9-5-6-9)16-15(19)13-7-10-3-1-2-4-12(10)20-13/h1-4,9,11,13H,5-8H2,(H,16,19)(H,17,18). The van der Waals surface area contributed by atoms with Crippen molar-refractivity contribution >= 4 is 23.6 Å². The normalized spacial score (nSPS) is 22.1. The molecule has 0 spiro atoms. The number of nitrogens with one attached hydrogen (secondary N) is 1. The number of benzene rings is 1. The van der Waals surface area contributed by atoms with Gasteiger partial charge in [-0.2, -0.15) is 0 Å². The van der Waals surface area contributed by atoms with E-state index < -0.39 is 5.97 Å². The van der Waals surface area contributed by atoms with E-state index in [1.54, 1.807) is 11.8 Å². The molecule has 5 heteroatoms. The van der Waals surface area contributed by atoms with Crippen molar-refractivity contribution in [1.29, 1.82) is 0 Å². The monoisotopic (exact) mass is 291 g/mol. The molecule has 2 unspecified atom stereocenters. The van der Waals surface area contributed by atoms with E-state index in [4.69, 9.17) is 5.11 Å². The van der Waals surface area contributed by atoms with E-state index in [1.807, 2.05) is 24.3 Å². The summed E-state index contributed by atoms with van der Waals surface area (Å²) in [6.45, 7) is 0. The molecule has 1 saturated carbocycles. The van der Waals surface area contributed by atoms with Crippen LogP contribution in [0.3, 0.4) is 0 Å². The predicted molar refractivity (Wildman–Crippen MR) is 76.7 cm³/mol. The lowest BCUT2D eigenvalue weighted by Crippen LogP contribution is -2.42. The Hall–Kier alpha value is -1.49. The van der Waals surface area contributed by atoms with Gasteiger partial charge in [-0.05, 0) is 36.8 Å². The van der Waals surface area contributed by atoms with Gasteiger partial charge in [0.2, 0.25) is 5.91 Å². The zero-order valence-electron chi connectivity index (χ0n) is 11.0. The summed E-state index contributed by atoms with van der Waals surface area (Å²) in [6, 6.07) is 7.83. The van der Waals surface area contributed by atoms with Gasteiger partial charge in [-0.1, -0.05) is 18.2 Å². The van der Waals surface area contributed by atoms with Crippen LogP contribution in [0.4, 0.5) is 0 Å². The molecule has 106 valence electrons. The fourth-order valence-corrected chi connectivity index (χ4v) is 3.83. The third-order valence-electron chi connectivity index (χ3n) is 3.85. The van der Waals surface area contributed by atoms with Crippen molar-refractivity contribution < 1.29 is 14.7 Å². The van der Waals surface area contributed by atoms with Gasteiger partial charge < -0.3 is 10.4 Å². The molecular formula is C15H17NO3S. The summed E-state index contributed by atoms with van der Waals surface area (Å²) in [5.41, 5.74) is 1.21. The molecule has 0 aromatic heterocycles. The average Bonchev–Trinajstić information content (AvgIpc) is 3.16. The Morgan fingerprint density at radius 3 is 2.75 bits per heavy atom. The Bertz CT molecular complexity index is 517. The summed E-state index contributed by atoms with van der Waals surface area (Å²) in [4.78, 5) is 24.3. The Morgan fingerprint density at radius 2 is 2.10 bits per heavy atom. The molecule has 0 saturated heterocycles. The fourth-order valence-electron chi connectivity index (χ4n) is 2.63. The lowest BCUT2D eigenvalue weighted by atomic mass is 10.1. The molecule has 1 aliphatic carbocycles. The summed E-state index contributed by atoms with van der Waals surface area (Å²) in [7, 11) is 0. The number of hydrogen-bond donors (Lipinski definition) is 2. The van der Waals surface area contributed by atoms with E-state index in [9.17, 15) is 9.59 Å². The van der Waals surface area contributed by atoms with Crippen LogP contribution < -0.4 is 5.32 Å². The van der Waals surface area contributed by atoms with Crippen LogP contribution in [-0.4, -0.2) is 28.3 Å². The molecule has 4 nitrogen and oxygen atoms in total. The second-order valence-electron chi connectivity index (χ2n) is 5.47. The van der Waals surface area contributed by atoms with Gasteiger partial charge in [0.25, 0.3) is 0 Å². The number of carbonyl (C=O) groups is 2. The van der Waals surface area contributed by atoms with E-state index in [-0.39, 0.29) is 23.6 Å². The number of amides is 1. The first-order valence-corrected chi connectivity index (χ1v) is 7.78. The summed E-state index contributed by atoms with van der Waals surface area (Å²) in [5, 5.41) is 11.7. The number of hydrogen-bond acceptors (Lipinski definition) is 3. The number of carbonyl (C=O) groups excluding carboxylic acids is 1. The number of fused-ring (bicyclic) bond motifs is 1. The summed E-state index contributed by atoms with van der Waals surface area (Å²) in [5.74, 6) is -0.516. The Labute approximate surface area is 121 Å². The summed E-state index contributed by atoms with van der Waals surface area (Å²) in [6.07, 6.45) is 2.81. The predicted octanol–water partition coefficient (Wildman–Crippen LogP) is 2.07. The first-order chi connectivity index (χ1) is 9.63. The summed E-state index contributed by atoms with van der Waals surface area (Å²) < 4.78 is 0. The SMILES string of the molecule is O=C(O)CC(NC(=O)C1Cc2ccccc2S1)C1CC1. The maximum atomic E-state index is 12.3. The van der Waals surface area contributed by atoms with Gasteiger partial charge in [-0.3, -0.25) is 9.59 Å². The number of rotatable bonds is 5. The van der Waals surface area contributed by atoms with Crippen LogP contribution in [0.2, 0.25) is 0 Å². The van der Waals surface area contributed by atoms with Crippen LogP contribution in [0.25, 0.3) is 0 Å². The number of carboxylic acid groups (broad SMARTS) is 1. The number of thioether (sulfide) groups is 1. The van der Waals surface area contributed by atoms with Crippen molar-refractivity contribution in [3.63, 3.8) is 0 Å². The largest absolute Gasteiger partial charge is 0.481 e. The lowest BCUT2D eigenvalue weighted by Gasteiger charge is -2.18. The zero-order chi connectivity index (χ0) is 14.1. The van der Waals surface area contributed by atoms with E-state index in [2.05, 4.69) is 5.32 Å². The highest BCUT2D eigenvalue weighted by Crippen LogP contribution is 2.38. The van der Waals surface area contributed by atoms with Crippen molar-refractivity contribution in [2.75, 3.05) is 0 Å². The molecule has 1 aromatic carbocycles. The van der Waals surface area contributed by atoms with Gasteiger partial charge in [-0.15, -0.1) is 11.8 Å². The molecule has 0 radical (unpaired) electrons. The molecule has 20 heavy (non-hydrogen) atoms. The molecule has 2 N–H and O–H groups in total. The second kappa shape index (κ2) is 5.48. The molecule has 3 rings (SSSR count). The van der Waals surface area contributed by atoms with Gasteiger partial charge in [0, 0.05) is 10.9 Å². The maximum absolute atomic E-state index is 12.3. The molecule has 1 aromatic rings. The Kier molecular flexibility index (Phi) is 3.70. The van der Waals surface area contributed by atoms with Crippen molar-refractivity contribution in [3.05, 3.63) is 29.8 Å². The third-order valence-corrected chi connectivity index (χ3v) is 5.17. The van der Waals surface area contributed by atoms with Crippen molar-refractivity contribution in [3.8, 4) is 0 Å². The van der Waals surface area contributed by atoms with Gasteiger partial charge in [0.1, 0.15) is 0 Å². The van der Waals surface area contributed by atoms with Crippen LogP contribution in [0, 0.1) is 5.92 Å².